The van der Waals surface area contributed by atoms with Crippen LogP contribution in [0.3, 0.4) is 0 Å². The third kappa shape index (κ3) is 3.93. The molecule has 7 nitrogen and oxygen atoms in total. The van der Waals surface area contributed by atoms with Crippen LogP contribution in [-0.4, -0.2) is 47.2 Å². The highest BCUT2D eigenvalue weighted by Crippen LogP contribution is 2.27. The SMILES string of the molecule is COc1nccnc1N1CCC(CNC(=O)Cn2ccc3ccccc32)CC1. The highest BCUT2D eigenvalue weighted by Gasteiger charge is 2.23. The molecule has 0 atom stereocenters. The average molecular weight is 379 g/mol. The molecule has 0 spiro atoms. The zero-order valence-electron chi connectivity index (χ0n) is 16.0. The number of ether oxygens (including phenoxy) is 1. The van der Waals surface area contributed by atoms with Crippen LogP contribution in [0.2, 0.25) is 0 Å². The Labute approximate surface area is 164 Å². The first-order valence-electron chi connectivity index (χ1n) is 9.65. The molecule has 1 amide bonds. The molecule has 28 heavy (non-hydrogen) atoms. The summed E-state index contributed by atoms with van der Waals surface area (Å²) in [6.07, 6.45) is 7.31. The van der Waals surface area contributed by atoms with Crippen molar-refractivity contribution >= 4 is 22.6 Å². The van der Waals surface area contributed by atoms with Crippen LogP contribution < -0.4 is 15.0 Å². The number of aromatic nitrogens is 3. The van der Waals surface area contributed by atoms with Crippen LogP contribution >= 0.6 is 0 Å². The monoisotopic (exact) mass is 379 g/mol. The lowest BCUT2D eigenvalue weighted by Gasteiger charge is -2.33. The maximum atomic E-state index is 12.4. The van der Waals surface area contributed by atoms with Gasteiger partial charge in [-0.1, -0.05) is 18.2 Å². The Bertz CT molecular complexity index is 947. The fraction of sp³-hybridized carbons (Fsp3) is 0.381. The highest BCUT2D eigenvalue weighted by molar-refractivity contribution is 5.83. The number of anilines is 1. The number of amides is 1. The first kappa shape index (κ1) is 18.3. The van der Waals surface area contributed by atoms with Gasteiger partial charge in [0.1, 0.15) is 6.54 Å². The summed E-state index contributed by atoms with van der Waals surface area (Å²) in [5.41, 5.74) is 1.09. The lowest BCUT2D eigenvalue weighted by molar-refractivity contribution is -0.121. The van der Waals surface area contributed by atoms with Crippen LogP contribution in [-0.2, 0) is 11.3 Å². The van der Waals surface area contributed by atoms with Gasteiger partial charge in [-0.25, -0.2) is 9.97 Å². The number of hydrogen-bond donors (Lipinski definition) is 1. The van der Waals surface area contributed by atoms with E-state index in [4.69, 9.17) is 4.74 Å². The van der Waals surface area contributed by atoms with Gasteiger partial charge in [-0.3, -0.25) is 4.79 Å². The molecule has 3 heterocycles. The van der Waals surface area contributed by atoms with Crippen molar-refractivity contribution in [3.05, 3.63) is 48.9 Å². The predicted octanol–water partition coefficient (Wildman–Crippen LogP) is 2.47. The van der Waals surface area contributed by atoms with Crippen LogP contribution in [0.4, 0.5) is 5.82 Å². The summed E-state index contributed by atoms with van der Waals surface area (Å²) >= 11 is 0. The lowest BCUT2D eigenvalue weighted by atomic mass is 9.97. The maximum Gasteiger partial charge on any atom is 0.257 e. The van der Waals surface area contributed by atoms with Gasteiger partial charge < -0.3 is 19.5 Å². The van der Waals surface area contributed by atoms with Gasteiger partial charge >= 0.3 is 0 Å². The van der Waals surface area contributed by atoms with Gasteiger partial charge in [-0.05, 0) is 36.3 Å². The number of para-hydroxylation sites is 1. The van der Waals surface area contributed by atoms with E-state index in [0.29, 0.717) is 24.9 Å². The van der Waals surface area contributed by atoms with Crippen LogP contribution in [0, 0.1) is 5.92 Å². The second kappa shape index (κ2) is 8.29. The van der Waals surface area contributed by atoms with E-state index in [-0.39, 0.29) is 5.91 Å². The molecular formula is C21H25N5O2. The molecule has 1 aromatic carbocycles. The molecule has 0 unspecified atom stereocenters. The van der Waals surface area contributed by atoms with E-state index in [9.17, 15) is 4.79 Å². The van der Waals surface area contributed by atoms with Crippen molar-refractivity contribution < 1.29 is 9.53 Å². The number of hydrogen-bond acceptors (Lipinski definition) is 5. The Balaban J connectivity index is 1.27. The fourth-order valence-electron chi connectivity index (χ4n) is 3.77. The van der Waals surface area contributed by atoms with Gasteiger partial charge in [-0.15, -0.1) is 0 Å². The third-order valence-corrected chi connectivity index (χ3v) is 5.34. The van der Waals surface area contributed by atoms with E-state index in [1.165, 1.54) is 0 Å². The largest absolute Gasteiger partial charge is 0.478 e. The van der Waals surface area contributed by atoms with Crippen molar-refractivity contribution in [2.24, 2.45) is 5.92 Å². The molecule has 2 aromatic heterocycles. The predicted molar refractivity (Wildman–Crippen MR) is 108 cm³/mol. The van der Waals surface area contributed by atoms with Gasteiger partial charge in [0.05, 0.1) is 7.11 Å². The number of fused-ring (bicyclic) bond motifs is 1. The summed E-state index contributed by atoms with van der Waals surface area (Å²) in [4.78, 5) is 23.2. The number of carbonyl (C=O) groups excluding carboxylic acids is 1. The first-order chi connectivity index (χ1) is 13.7. The van der Waals surface area contributed by atoms with E-state index in [1.54, 1.807) is 19.5 Å². The van der Waals surface area contributed by atoms with E-state index in [0.717, 1.165) is 42.7 Å². The van der Waals surface area contributed by atoms with Gasteiger partial charge in [-0.2, -0.15) is 0 Å². The van der Waals surface area contributed by atoms with Crippen LogP contribution in [0.15, 0.2) is 48.9 Å². The van der Waals surface area contributed by atoms with Crippen molar-refractivity contribution in [3.63, 3.8) is 0 Å². The molecule has 0 bridgehead atoms. The Hall–Kier alpha value is -3.09. The maximum absolute atomic E-state index is 12.4. The Morgan fingerprint density at radius 1 is 1.18 bits per heavy atom. The topological polar surface area (TPSA) is 72.3 Å². The van der Waals surface area contributed by atoms with Crippen molar-refractivity contribution in [1.29, 1.82) is 0 Å². The Morgan fingerprint density at radius 3 is 2.79 bits per heavy atom. The lowest BCUT2D eigenvalue weighted by Crippen LogP contribution is -2.39. The molecular weight excluding hydrogens is 354 g/mol. The molecule has 1 N–H and O–H groups in total. The number of rotatable bonds is 6. The summed E-state index contributed by atoms with van der Waals surface area (Å²) in [5, 5.41) is 4.26. The van der Waals surface area contributed by atoms with Crippen molar-refractivity contribution in [2.45, 2.75) is 19.4 Å². The minimum Gasteiger partial charge on any atom is -0.478 e. The van der Waals surface area contributed by atoms with E-state index >= 15 is 0 Å². The normalized spacial score (nSPS) is 15.0. The van der Waals surface area contributed by atoms with E-state index < -0.39 is 0 Å². The molecule has 0 saturated carbocycles. The molecule has 4 rings (SSSR count). The summed E-state index contributed by atoms with van der Waals surface area (Å²) < 4.78 is 7.30. The number of carbonyl (C=O) groups is 1. The number of nitrogens with zero attached hydrogens (tertiary/aromatic N) is 4. The summed E-state index contributed by atoms with van der Waals surface area (Å²) in [7, 11) is 1.61. The zero-order chi connectivity index (χ0) is 19.3. The zero-order valence-corrected chi connectivity index (χ0v) is 16.0. The van der Waals surface area contributed by atoms with Crippen molar-refractivity contribution in [3.8, 4) is 5.88 Å². The molecule has 0 aliphatic carbocycles. The van der Waals surface area contributed by atoms with Crippen LogP contribution in [0.1, 0.15) is 12.8 Å². The molecule has 7 heteroatoms. The number of methoxy groups -OCH3 is 1. The minimum absolute atomic E-state index is 0.0550. The summed E-state index contributed by atoms with van der Waals surface area (Å²) in [5.74, 6) is 1.89. The Morgan fingerprint density at radius 2 is 1.96 bits per heavy atom. The van der Waals surface area contributed by atoms with Gasteiger partial charge in [0.25, 0.3) is 5.88 Å². The van der Waals surface area contributed by atoms with Crippen LogP contribution in [0.5, 0.6) is 5.88 Å². The quantitative estimate of drug-likeness (QED) is 0.712. The third-order valence-electron chi connectivity index (χ3n) is 5.34. The molecule has 1 saturated heterocycles. The van der Waals surface area contributed by atoms with Gasteiger partial charge in [0.15, 0.2) is 5.82 Å². The standard InChI is InChI=1S/C21H25N5O2/c1-28-21-20(22-9-10-23-21)25-11-6-16(7-12-25)14-24-19(27)15-26-13-8-17-4-2-3-5-18(17)26/h2-5,8-10,13,16H,6-7,11-12,14-15H2,1H3,(H,24,27). The summed E-state index contributed by atoms with van der Waals surface area (Å²) in [6.45, 7) is 2.84. The molecule has 1 aliphatic rings. The van der Waals surface area contributed by atoms with Crippen LogP contribution in [0.25, 0.3) is 10.9 Å². The molecule has 0 radical (unpaired) electrons. The molecule has 1 fully saturated rings. The molecule has 146 valence electrons. The van der Waals surface area contributed by atoms with Gasteiger partial charge in [0, 0.05) is 43.7 Å². The number of benzene rings is 1. The fourth-order valence-corrected chi connectivity index (χ4v) is 3.77. The van der Waals surface area contributed by atoms with E-state index in [1.807, 2.05) is 35.0 Å². The Kier molecular flexibility index (Phi) is 5.41. The summed E-state index contributed by atoms with van der Waals surface area (Å²) in [6, 6.07) is 10.1. The smallest absolute Gasteiger partial charge is 0.257 e. The van der Waals surface area contributed by atoms with E-state index in [2.05, 4.69) is 26.3 Å². The first-order valence-corrected chi connectivity index (χ1v) is 9.65. The average Bonchev–Trinajstić information content (AvgIpc) is 3.15. The molecule has 3 aromatic rings. The second-order valence-corrected chi connectivity index (χ2v) is 7.13. The minimum atomic E-state index is 0.0550. The van der Waals surface area contributed by atoms with Crippen molar-refractivity contribution in [1.82, 2.24) is 19.9 Å². The number of nitrogens with one attached hydrogen (secondary N) is 1. The molecule has 1 aliphatic heterocycles. The van der Waals surface area contributed by atoms with Gasteiger partial charge in [0.2, 0.25) is 5.91 Å². The highest BCUT2D eigenvalue weighted by atomic mass is 16.5. The second-order valence-electron chi connectivity index (χ2n) is 7.13. The number of piperidine rings is 1. The van der Waals surface area contributed by atoms with Crippen molar-refractivity contribution in [2.75, 3.05) is 31.6 Å².